The van der Waals surface area contributed by atoms with Crippen LogP contribution in [0.25, 0.3) is 0 Å². The van der Waals surface area contributed by atoms with Gasteiger partial charge < -0.3 is 20.4 Å². The van der Waals surface area contributed by atoms with Gasteiger partial charge in [0.15, 0.2) is 0 Å². The van der Waals surface area contributed by atoms with Crippen LogP contribution in [0.15, 0.2) is 41.8 Å². The second-order valence-electron chi connectivity index (χ2n) is 6.42. The summed E-state index contributed by atoms with van der Waals surface area (Å²) in [6, 6.07) is 11.7. The third-order valence-corrected chi connectivity index (χ3v) is 5.26. The molecule has 1 fully saturated rings. The summed E-state index contributed by atoms with van der Waals surface area (Å²) in [5.74, 6) is -0.370. The van der Waals surface area contributed by atoms with Crippen LogP contribution in [-0.2, 0) is 16.0 Å². The molecule has 2 aromatic rings. The molecule has 6 nitrogen and oxygen atoms in total. The second kappa shape index (κ2) is 8.82. The van der Waals surface area contributed by atoms with Crippen LogP contribution in [0.2, 0.25) is 0 Å². The molecule has 26 heavy (non-hydrogen) atoms. The van der Waals surface area contributed by atoms with Crippen molar-refractivity contribution in [1.29, 1.82) is 0 Å². The Morgan fingerprint density at radius 1 is 1.04 bits per heavy atom. The quantitative estimate of drug-likeness (QED) is 0.812. The van der Waals surface area contributed by atoms with Crippen molar-refractivity contribution in [2.24, 2.45) is 0 Å². The van der Waals surface area contributed by atoms with Crippen LogP contribution in [-0.4, -0.2) is 56.5 Å². The van der Waals surface area contributed by atoms with Gasteiger partial charge in [-0.3, -0.25) is 9.59 Å². The molecule has 0 spiro atoms. The van der Waals surface area contributed by atoms with Crippen LogP contribution >= 0.6 is 11.3 Å². The monoisotopic (exact) mass is 372 g/mol. The third kappa shape index (κ3) is 5.31. The number of hydrogen-bond acceptors (Lipinski definition) is 5. The van der Waals surface area contributed by atoms with Gasteiger partial charge >= 0.3 is 0 Å². The molecule has 138 valence electrons. The molecular formula is C19H24N4O2S. The standard InChI is InChI=1S/C19H24N4O2S/c1-22-8-10-23(11-9-22)16-6-4-15(5-7-16)21-19(25)14-20-18(24)13-17-3-2-12-26-17/h2-7,12H,8-11,13-14H2,1H3,(H,20,24)(H,21,25). The summed E-state index contributed by atoms with van der Waals surface area (Å²) >= 11 is 1.53. The van der Waals surface area contributed by atoms with E-state index in [4.69, 9.17) is 0 Å². The molecular weight excluding hydrogens is 348 g/mol. The Labute approximate surface area is 157 Å². The maximum Gasteiger partial charge on any atom is 0.243 e. The maximum atomic E-state index is 12.0. The zero-order valence-corrected chi connectivity index (χ0v) is 15.7. The van der Waals surface area contributed by atoms with Gasteiger partial charge in [-0.15, -0.1) is 11.3 Å². The number of hydrogen-bond donors (Lipinski definition) is 2. The predicted molar refractivity (Wildman–Crippen MR) is 106 cm³/mol. The van der Waals surface area contributed by atoms with E-state index in [-0.39, 0.29) is 18.4 Å². The van der Waals surface area contributed by atoms with Crippen LogP contribution in [0, 0.1) is 0 Å². The van der Waals surface area contributed by atoms with E-state index in [1.165, 1.54) is 17.0 Å². The van der Waals surface area contributed by atoms with Gasteiger partial charge in [-0.1, -0.05) is 6.07 Å². The number of thiophene rings is 1. The van der Waals surface area contributed by atoms with E-state index < -0.39 is 0 Å². The Balaban J connectivity index is 1.43. The fourth-order valence-corrected chi connectivity index (χ4v) is 3.54. The fraction of sp³-hybridized carbons (Fsp3) is 0.368. The van der Waals surface area contributed by atoms with Gasteiger partial charge in [0.25, 0.3) is 0 Å². The summed E-state index contributed by atoms with van der Waals surface area (Å²) in [5.41, 5.74) is 1.90. The number of likely N-dealkylation sites (N-methyl/N-ethyl adjacent to an activating group) is 1. The van der Waals surface area contributed by atoms with Crippen LogP contribution in [0.5, 0.6) is 0 Å². The van der Waals surface area contributed by atoms with Gasteiger partial charge in [-0.05, 0) is 42.8 Å². The average molecular weight is 372 g/mol. The van der Waals surface area contributed by atoms with Gasteiger partial charge in [-0.25, -0.2) is 0 Å². The highest BCUT2D eigenvalue weighted by atomic mass is 32.1. The van der Waals surface area contributed by atoms with Crippen molar-refractivity contribution in [3.63, 3.8) is 0 Å². The molecule has 0 saturated carbocycles. The van der Waals surface area contributed by atoms with Crippen LogP contribution in [0.1, 0.15) is 4.88 Å². The number of carbonyl (C=O) groups is 2. The maximum absolute atomic E-state index is 12.0. The SMILES string of the molecule is CN1CCN(c2ccc(NC(=O)CNC(=O)Cc3cccs3)cc2)CC1. The molecule has 1 saturated heterocycles. The van der Waals surface area contributed by atoms with Crippen LogP contribution in [0.4, 0.5) is 11.4 Å². The van der Waals surface area contributed by atoms with Gasteiger partial charge in [0.1, 0.15) is 0 Å². The first-order valence-corrected chi connectivity index (χ1v) is 9.60. The zero-order chi connectivity index (χ0) is 18.4. The van der Waals surface area contributed by atoms with Gasteiger partial charge in [0, 0.05) is 42.4 Å². The van der Waals surface area contributed by atoms with Crippen molar-refractivity contribution < 1.29 is 9.59 Å². The Morgan fingerprint density at radius 2 is 1.77 bits per heavy atom. The molecule has 2 heterocycles. The number of anilines is 2. The predicted octanol–water partition coefficient (Wildman–Crippen LogP) is 1.80. The molecule has 1 aliphatic heterocycles. The number of amides is 2. The summed E-state index contributed by atoms with van der Waals surface area (Å²) in [4.78, 5) is 29.5. The minimum atomic E-state index is -0.225. The second-order valence-corrected chi connectivity index (χ2v) is 7.45. The molecule has 2 N–H and O–H groups in total. The molecule has 1 aliphatic rings. The zero-order valence-electron chi connectivity index (χ0n) is 14.9. The normalized spacial score (nSPS) is 14.9. The molecule has 1 aromatic carbocycles. The van der Waals surface area contributed by atoms with Crippen molar-refractivity contribution in [1.82, 2.24) is 10.2 Å². The van der Waals surface area contributed by atoms with E-state index in [0.717, 1.165) is 36.7 Å². The summed E-state index contributed by atoms with van der Waals surface area (Å²) < 4.78 is 0. The minimum absolute atomic E-state index is 0.0234. The lowest BCUT2D eigenvalue weighted by atomic mass is 10.2. The van der Waals surface area contributed by atoms with E-state index in [1.54, 1.807) is 0 Å². The lowest BCUT2D eigenvalue weighted by molar-refractivity contribution is -0.123. The van der Waals surface area contributed by atoms with Gasteiger partial charge in [0.2, 0.25) is 11.8 Å². The Bertz CT molecular complexity index is 723. The van der Waals surface area contributed by atoms with Gasteiger partial charge in [0.05, 0.1) is 13.0 Å². The van der Waals surface area contributed by atoms with Crippen molar-refractivity contribution >= 4 is 34.5 Å². The summed E-state index contributed by atoms with van der Waals surface area (Å²) in [6.07, 6.45) is 0.310. The highest BCUT2D eigenvalue weighted by Crippen LogP contribution is 2.19. The number of nitrogens with one attached hydrogen (secondary N) is 2. The molecule has 7 heteroatoms. The Hall–Kier alpha value is -2.38. The number of carbonyl (C=O) groups excluding carboxylic acids is 2. The molecule has 0 atom stereocenters. The van der Waals surface area contributed by atoms with Crippen molar-refractivity contribution in [3.05, 3.63) is 46.7 Å². The minimum Gasteiger partial charge on any atom is -0.369 e. The highest BCUT2D eigenvalue weighted by Gasteiger charge is 2.14. The van der Waals surface area contributed by atoms with Crippen molar-refractivity contribution in [2.75, 3.05) is 50.0 Å². The Morgan fingerprint density at radius 3 is 2.42 bits per heavy atom. The van der Waals surface area contributed by atoms with Crippen LogP contribution < -0.4 is 15.5 Å². The number of benzene rings is 1. The molecule has 2 amide bonds. The molecule has 0 unspecified atom stereocenters. The summed E-state index contributed by atoms with van der Waals surface area (Å²) in [7, 11) is 2.13. The largest absolute Gasteiger partial charge is 0.369 e. The van der Waals surface area contributed by atoms with E-state index in [0.29, 0.717) is 6.42 Å². The first kappa shape index (κ1) is 18.4. The van der Waals surface area contributed by atoms with Gasteiger partial charge in [-0.2, -0.15) is 0 Å². The topological polar surface area (TPSA) is 64.7 Å². The molecule has 1 aromatic heterocycles. The number of rotatable bonds is 6. The molecule has 0 radical (unpaired) electrons. The first-order valence-electron chi connectivity index (χ1n) is 8.72. The molecule has 3 rings (SSSR count). The molecule has 0 aliphatic carbocycles. The smallest absolute Gasteiger partial charge is 0.243 e. The van der Waals surface area contributed by atoms with Crippen molar-refractivity contribution in [3.8, 4) is 0 Å². The van der Waals surface area contributed by atoms with E-state index in [9.17, 15) is 9.59 Å². The van der Waals surface area contributed by atoms with E-state index >= 15 is 0 Å². The number of piperazine rings is 1. The lowest BCUT2D eigenvalue weighted by Crippen LogP contribution is -2.44. The van der Waals surface area contributed by atoms with E-state index in [1.807, 2.05) is 41.8 Å². The number of nitrogens with zero attached hydrogens (tertiary/aromatic N) is 2. The third-order valence-electron chi connectivity index (χ3n) is 4.38. The summed E-state index contributed by atoms with van der Waals surface area (Å²) in [5, 5.41) is 7.40. The Kier molecular flexibility index (Phi) is 6.25. The van der Waals surface area contributed by atoms with E-state index in [2.05, 4.69) is 27.5 Å². The lowest BCUT2D eigenvalue weighted by Gasteiger charge is -2.34. The first-order chi connectivity index (χ1) is 12.6. The van der Waals surface area contributed by atoms with Crippen LogP contribution in [0.3, 0.4) is 0 Å². The molecule has 0 bridgehead atoms. The van der Waals surface area contributed by atoms with Crippen molar-refractivity contribution in [2.45, 2.75) is 6.42 Å². The average Bonchev–Trinajstić information content (AvgIpc) is 3.14. The summed E-state index contributed by atoms with van der Waals surface area (Å²) in [6.45, 7) is 4.12. The fourth-order valence-electron chi connectivity index (χ4n) is 2.84. The highest BCUT2D eigenvalue weighted by molar-refractivity contribution is 7.10.